The summed E-state index contributed by atoms with van der Waals surface area (Å²) in [5, 5.41) is 10.2. The second-order valence-electron chi connectivity index (χ2n) is 13.0. The van der Waals surface area contributed by atoms with E-state index >= 15 is 0 Å². The standard InChI is InChI=1S/C48H31NS/c1-2-10-35-28-37(18-16-32(35)8-1)36-11-7-12-41(29-36)49(42-25-27-44-39(30-42)19-17-34-9-3-4-13-43(34)44)40-23-20-33(21-24-40)38-22-26-46-45-14-5-6-15-47(45)50-48(46)31-38/h1-31H. The molecule has 0 atom stereocenters. The highest BCUT2D eigenvalue weighted by Crippen LogP contribution is 2.41. The fourth-order valence-electron chi connectivity index (χ4n) is 7.49. The Balaban J connectivity index is 1.09. The molecule has 0 bridgehead atoms. The molecule has 10 rings (SSSR count). The van der Waals surface area contributed by atoms with E-state index in [-0.39, 0.29) is 0 Å². The highest BCUT2D eigenvalue weighted by Gasteiger charge is 2.16. The van der Waals surface area contributed by atoms with E-state index in [1.165, 1.54) is 74.7 Å². The number of rotatable bonds is 5. The molecule has 0 saturated carbocycles. The highest BCUT2D eigenvalue weighted by molar-refractivity contribution is 7.25. The Kier molecular flexibility index (Phi) is 6.75. The summed E-state index contributed by atoms with van der Waals surface area (Å²) in [6, 6.07) is 68.8. The number of hydrogen-bond donors (Lipinski definition) is 0. The fourth-order valence-corrected chi connectivity index (χ4v) is 8.63. The van der Waals surface area contributed by atoms with Crippen molar-refractivity contribution < 1.29 is 0 Å². The summed E-state index contributed by atoms with van der Waals surface area (Å²) < 4.78 is 2.66. The summed E-state index contributed by atoms with van der Waals surface area (Å²) in [6.07, 6.45) is 0. The van der Waals surface area contributed by atoms with Gasteiger partial charge in [-0.15, -0.1) is 11.3 Å². The molecule has 0 aliphatic rings. The topological polar surface area (TPSA) is 3.24 Å². The van der Waals surface area contributed by atoms with Crippen molar-refractivity contribution in [2.45, 2.75) is 0 Å². The number of anilines is 3. The molecule has 0 unspecified atom stereocenters. The molecule has 1 nitrogen and oxygen atoms in total. The summed E-state index contributed by atoms with van der Waals surface area (Å²) in [5.41, 5.74) is 8.22. The van der Waals surface area contributed by atoms with Gasteiger partial charge in [-0.25, -0.2) is 0 Å². The Hall–Kier alpha value is -6.22. The third-order valence-corrected chi connectivity index (χ3v) is 11.1. The van der Waals surface area contributed by atoms with Crippen LogP contribution < -0.4 is 4.90 Å². The maximum absolute atomic E-state index is 2.39. The first-order chi connectivity index (χ1) is 24.7. The van der Waals surface area contributed by atoms with Gasteiger partial charge >= 0.3 is 0 Å². The van der Waals surface area contributed by atoms with E-state index in [0.29, 0.717) is 0 Å². The van der Waals surface area contributed by atoms with Crippen molar-refractivity contribution in [3.05, 3.63) is 188 Å². The molecule has 0 fully saturated rings. The van der Waals surface area contributed by atoms with Crippen LogP contribution in [0.3, 0.4) is 0 Å². The largest absolute Gasteiger partial charge is 0.310 e. The third-order valence-electron chi connectivity index (χ3n) is 10.0. The van der Waals surface area contributed by atoms with E-state index in [1.54, 1.807) is 0 Å². The van der Waals surface area contributed by atoms with Crippen molar-refractivity contribution in [2.24, 2.45) is 0 Å². The van der Waals surface area contributed by atoms with Crippen LogP contribution in [0.1, 0.15) is 0 Å². The summed E-state index contributed by atoms with van der Waals surface area (Å²) in [4.78, 5) is 2.39. The predicted molar refractivity (Wildman–Crippen MR) is 217 cm³/mol. The first kappa shape index (κ1) is 28.8. The average molecular weight is 654 g/mol. The van der Waals surface area contributed by atoms with Crippen molar-refractivity contribution in [1.29, 1.82) is 0 Å². The molecule has 234 valence electrons. The van der Waals surface area contributed by atoms with E-state index in [1.807, 2.05) is 11.3 Å². The number of nitrogens with zero attached hydrogens (tertiary/aromatic N) is 1. The zero-order chi connectivity index (χ0) is 33.0. The number of fused-ring (bicyclic) bond motifs is 7. The molecule has 50 heavy (non-hydrogen) atoms. The van der Waals surface area contributed by atoms with Gasteiger partial charge in [-0.2, -0.15) is 0 Å². The Morgan fingerprint density at radius 2 is 0.860 bits per heavy atom. The summed E-state index contributed by atoms with van der Waals surface area (Å²) in [6.45, 7) is 0. The zero-order valence-corrected chi connectivity index (χ0v) is 28.1. The van der Waals surface area contributed by atoms with Crippen molar-refractivity contribution in [2.75, 3.05) is 4.90 Å². The molecule has 0 N–H and O–H groups in total. The maximum Gasteiger partial charge on any atom is 0.0468 e. The minimum Gasteiger partial charge on any atom is -0.310 e. The first-order valence-electron chi connectivity index (χ1n) is 17.1. The van der Waals surface area contributed by atoms with Crippen molar-refractivity contribution in [1.82, 2.24) is 0 Å². The molecule has 2 heteroatoms. The highest BCUT2D eigenvalue weighted by atomic mass is 32.1. The van der Waals surface area contributed by atoms with Crippen LogP contribution in [0.5, 0.6) is 0 Å². The van der Waals surface area contributed by atoms with Gasteiger partial charge in [-0.3, -0.25) is 0 Å². The van der Waals surface area contributed by atoms with Crippen LogP contribution in [0.25, 0.3) is 74.7 Å². The fraction of sp³-hybridized carbons (Fsp3) is 0. The molecule has 1 heterocycles. The minimum atomic E-state index is 1.12. The summed E-state index contributed by atoms with van der Waals surface area (Å²) >= 11 is 1.87. The molecule has 0 aliphatic heterocycles. The molecule has 9 aromatic carbocycles. The monoisotopic (exact) mass is 653 g/mol. The van der Waals surface area contributed by atoms with Gasteiger partial charge in [0.15, 0.2) is 0 Å². The molecule has 0 amide bonds. The molecular weight excluding hydrogens is 623 g/mol. The van der Waals surface area contributed by atoms with Gasteiger partial charge in [0.2, 0.25) is 0 Å². The van der Waals surface area contributed by atoms with Crippen molar-refractivity contribution in [3.8, 4) is 22.3 Å². The van der Waals surface area contributed by atoms with E-state index in [9.17, 15) is 0 Å². The lowest BCUT2D eigenvalue weighted by Gasteiger charge is -2.27. The zero-order valence-electron chi connectivity index (χ0n) is 27.3. The van der Waals surface area contributed by atoms with Crippen molar-refractivity contribution in [3.63, 3.8) is 0 Å². The number of hydrogen-bond acceptors (Lipinski definition) is 2. The van der Waals surface area contributed by atoms with Gasteiger partial charge in [0.05, 0.1) is 0 Å². The number of benzene rings is 9. The molecule has 0 saturated heterocycles. The van der Waals surface area contributed by atoms with Gasteiger partial charge in [-0.05, 0) is 109 Å². The van der Waals surface area contributed by atoms with Crippen molar-refractivity contribution >= 4 is 80.9 Å². The maximum atomic E-state index is 2.39. The van der Waals surface area contributed by atoms with Crippen LogP contribution in [0.2, 0.25) is 0 Å². The Labute approximate surface area is 294 Å². The van der Waals surface area contributed by atoms with Gasteiger partial charge in [0, 0.05) is 37.2 Å². The van der Waals surface area contributed by atoms with Crippen LogP contribution in [0.15, 0.2) is 188 Å². The summed E-state index contributed by atoms with van der Waals surface area (Å²) in [5.74, 6) is 0. The van der Waals surface area contributed by atoms with Crippen LogP contribution in [-0.4, -0.2) is 0 Å². The smallest absolute Gasteiger partial charge is 0.0468 e. The Morgan fingerprint density at radius 3 is 1.76 bits per heavy atom. The van der Waals surface area contributed by atoms with Gasteiger partial charge in [-0.1, -0.05) is 133 Å². The van der Waals surface area contributed by atoms with Crippen LogP contribution >= 0.6 is 11.3 Å². The predicted octanol–water partition coefficient (Wildman–Crippen LogP) is 14.3. The normalized spacial score (nSPS) is 11.6. The second-order valence-corrected chi connectivity index (χ2v) is 14.1. The lowest BCUT2D eigenvalue weighted by atomic mass is 9.99. The van der Waals surface area contributed by atoms with E-state index < -0.39 is 0 Å². The lowest BCUT2D eigenvalue weighted by molar-refractivity contribution is 1.29. The van der Waals surface area contributed by atoms with Gasteiger partial charge in [0.25, 0.3) is 0 Å². The van der Waals surface area contributed by atoms with E-state index in [4.69, 9.17) is 0 Å². The Bertz CT molecular complexity index is 2880. The second kappa shape index (κ2) is 11.7. The molecule has 0 spiro atoms. The SMILES string of the molecule is c1cc(-c2ccc3ccccc3c2)cc(N(c2ccc(-c3ccc4c(c3)sc3ccccc34)cc2)c2ccc3c(ccc4ccccc43)c2)c1. The van der Waals surface area contributed by atoms with Crippen LogP contribution in [-0.2, 0) is 0 Å². The summed E-state index contributed by atoms with van der Waals surface area (Å²) in [7, 11) is 0. The Morgan fingerprint density at radius 1 is 0.280 bits per heavy atom. The van der Waals surface area contributed by atoms with Gasteiger partial charge in [0.1, 0.15) is 0 Å². The quantitative estimate of drug-likeness (QED) is 0.167. The van der Waals surface area contributed by atoms with Crippen LogP contribution in [0.4, 0.5) is 17.1 Å². The third kappa shape index (κ3) is 4.92. The van der Waals surface area contributed by atoms with E-state index in [2.05, 4.69) is 193 Å². The number of thiophene rings is 1. The molecular formula is C48H31NS. The minimum absolute atomic E-state index is 1.12. The molecule has 10 aromatic rings. The lowest BCUT2D eigenvalue weighted by Crippen LogP contribution is -2.10. The van der Waals surface area contributed by atoms with Crippen LogP contribution in [0, 0.1) is 0 Å². The van der Waals surface area contributed by atoms with E-state index in [0.717, 1.165) is 17.1 Å². The average Bonchev–Trinajstić information content (AvgIpc) is 3.56. The first-order valence-corrected chi connectivity index (χ1v) is 17.9. The molecule has 0 radical (unpaired) electrons. The molecule has 0 aliphatic carbocycles. The molecule has 1 aromatic heterocycles. The van der Waals surface area contributed by atoms with Gasteiger partial charge < -0.3 is 4.90 Å².